The van der Waals surface area contributed by atoms with Crippen LogP contribution in [0.25, 0.3) is 0 Å². The van der Waals surface area contributed by atoms with Crippen molar-refractivity contribution in [3.8, 4) is 0 Å². The van der Waals surface area contributed by atoms with Crippen molar-refractivity contribution in [1.82, 2.24) is 9.29 Å². The van der Waals surface area contributed by atoms with Gasteiger partial charge in [0.15, 0.2) is 4.21 Å². The second kappa shape index (κ2) is 4.64. The van der Waals surface area contributed by atoms with Crippen LogP contribution in [0.1, 0.15) is 18.4 Å². The molecule has 2 N–H and O–H groups in total. The van der Waals surface area contributed by atoms with E-state index in [4.69, 9.17) is 5.73 Å². The molecule has 2 rings (SSSR count). The average molecular weight is 275 g/mol. The Morgan fingerprint density at radius 3 is 2.82 bits per heavy atom. The Balaban J connectivity index is 2.22. The molecular formula is C10H17N3O2S2. The first-order chi connectivity index (χ1) is 7.91. The molecule has 0 amide bonds. The molecule has 0 spiro atoms. The molecule has 96 valence electrons. The minimum atomic E-state index is -3.39. The average Bonchev–Trinajstić information content (AvgIpc) is 2.69. The molecule has 1 aliphatic rings. The van der Waals surface area contributed by atoms with Crippen LogP contribution >= 0.6 is 11.3 Å². The van der Waals surface area contributed by atoms with Crippen LogP contribution in [0.5, 0.6) is 0 Å². The summed E-state index contributed by atoms with van der Waals surface area (Å²) in [5, 5.41) is 0.762. The van der Waals surface area contributed by atoms with E-state index in [-0.39, 0.29) is 6.04 Å². The number of aryl methyl sites for hydroxylation is 1. The molecule has 1 aliphatic heterocycles. The van der Waals surface area contributed by atoms with E-state index in [0.29, 0.717) is 23.2 Å². The van der Waals surface area contributed by atoms with Crippen LogP contribution in [0.2, 0.25) is 0 Å². The van der Waals surface area contributed by atoms with E-state index >= 15 is 0 Å². The van der Waals surface area contributed by atoms with Crippen molar-refractivity contribution in [2.45, 2.75) is 30.5 Å². The van der Waals surface area contributed by atoms with E-state index in [9.17, 15) is 8.42 Å². The van der Waals surface area contributed by atoms with Crippen LogP contribution in [0.15, 0.2) is 10.4 Å². The Kier molecular flexibility index (Phi) is 3.53. The molecule has 1 aromatic heterocycles. The molecule has 0 bridgehead atoms. The van der Waals surface area contributed by atoms with Gasteiger partial charge in [-0.25, -0.2) is 13.4 Å². The molecule has 5 nitrogen and oxygen atoms in total. The topological polar surface area (TPSA) is 76.3 Å². The third-order valence-electron chi connectivity index (χ3n) is 3.17. The number of nitrogens with zero attached hydrogens (tertiary/aromatic N) is 2. The van der Waals surface area contributed by atoms with E-state index in [0.717, 1.165) is 11.4 Å². The molecule has 2 heterocycles. The van der Waals surface area contributed by atoms with Crippen LogP contribution in [0.3, 0.4) is 0 Å². The summed E-state index contributed by atoms with van der Waals surface area (Å²) in [6, 6.07) is -0.0763. The van der Waals surface area contributed by atoms with Crippen molar-refractivity contribution in [3.63, 3.8) is 0 Å². The van der Waals surface area contributed by atoms with Gasteiger partial charge in [0.2, 0.25) is 0 Å². The van der Waals surface area contributed by atoms with Gasteiger partial charge in [-0.3, -0.25) is 0 Å². The van der Waals surface area contributed by atoms with Crippen LogP contribution in [-0.2, 0) is 10.0 Å². The molecule has 0 saturated carbocycles. The molecule has 17 heavy (non-hydrogen) atoms. The highest BCUT2D eigenvalue weighted by atomic mass is 32.2. The van der Waals surface area contributed by atoms with Crippen LogP contribution < -0.4 is 5.73 Å². The number of aromatic nitrogens is 1. The second-order valence-corrected chi connectivity index (χ2v) is 7.89. The fourth-order valence-electron chi connectivity index (χ4n) is 1.87. The highest BCUT2D eigenvalue weighted by molar-refractivity contribution is 7.91. The predicted molar refractivity (Wildman–Crippen MR) is 67.4 cm³/mol. The van der Waals surface area contributed by atoms with Gasteiger partial charge in [-0.2, -0.15) is 4.31 Å². The van der Waals surface area contributed by atoms with E-state index in [2.05, 4.69) is 11.9 Å². The van der Waals surface area contributed by atoms with E-state index in [1.165, 1.54) is 21.8 Å². The lowest BCUT2D eigenvalue weighted by atomic mass is 9.96. The molecular weight excluding hydrogens is 258 g/mol. The summed E-state index contributed by atoms with van der Waals surface area (Å²) in [7, 11) is -3.39. The normalized spacial score (nSPS) is 27.2. The minimum Gasteiger partial charge on any atom is -0.326 e. The van der Waals surface area contributed by atoms with Crippen molar-refractivity contribution >= 4 is 21.4 Å². The highest BCUT2D eigenvalue weighted by Gasteiger charge is 2.33. The van der Waals surface area contributed by atoms with Crippen molar-refractivity contribution in [2.24, 2.45) is 11.7 Å². The first-order valence-corrected chi connectivity index (χ1v) is 7.85. The van der Waals surface area contributed by atoms with Crippen molar-refractivity contribution < 1.29 is 8.42 Å². The van der Waals surface area contributed by atoms with Gasteiger partial charge in [-0.15, -0.1) is 11.3 Å². The largest absolute Gasteiger partial charge is 0.326 e. The molecule has 1 aromatic rings. The first-order valence-electron chi connectivity index (χ1n) is 5.59. The number of nitrogens with two attached hydrogens (primary N) is 1. The summed E-state index contributed by atoms with van der Waals surface area (Å²) >= 11 is 1.21. The Bertz CT molecular complexity index is 497. The number of sulfonamides is 1. The van der Waals surface area contributed by atoms with Gasteiger partial charge in [-0.05, 0) is 19.3 Å². The highest BCUT2D eigenvalue weighted by Crippen LogP contribution is 2.26. The summed E-state index contributed by atoms with van der Waals surface area (Å²) in [6.45, 7) is 4.81. The Hall–Kier alpha value is -0.500. The number of hydrogen-bond donors (Lipinski definition) is 1. The lowest BCUT2D eigenvalue weighted by Gasteiger charge is -2.33. The number of rotatable bonds is 2. The minimum absolute atomic E-state index is 0.0763. The molecule has 7 heteroatoms. The fourth-order valence-corrected chi connectivity index (χ4v) is 4.63. The lowest BCUT2D eigenvalue weighted by molar-refractivity contribution is 0.253. The summed E-state index contributed by atoms with van der Waals surface area (Å²) in [6.07, 6.45) is 2.25. The third-order valence-corrected chi connectivity index (χ3v) is 6.39. The zero-order valence-corrected chi connectivity index (χ0v) is 11.6. The SMILES string of the molecule is Cc1ncc(S(=O)(=O)N2CCC(C)C(N)C2)s1. The molecule has 2 unspecified atom stereocenters. The summed E-state index contributed by atoms with van der Waals surface area (Å²) in [5.74, 6) is 0.379. The van der Waals surface area contributed by atoms with Crippen LogP contribution in [0.4, 0.5) is 0 Å². The first kappa shape index (κ1) is 12.9. The zero-order chi connectivity index (χ0) is 12.6. The maximum atomic E-state index is 12.3. The molecule has 2 atom stereocenters. The zero-order valence-electron chi connectivity index (χ0n) is 9.96. The second-order valence-electron chi connectivity index (χ2n) is 4.49. The number of thiazole rings is 1. The molecule has 0 radical (unpaired) electrons. The number of hydrogen-bond acceptors (Lipinski definition) is 5. The Morgan fingerprint density at radius 2 is 2.29 bits per heavy atom. The Labute approximate surface area is 106 Å². The molecule has 0 aromatic carbocycles. The maximum absolute atomic E-state index is 12.3. The van der Waals surface area contributed by atoms with E-state index < -0.39 is 10.0 Å². The van der Waals surface area contributed by atoms with Gasteiger partial charge in [0.05, 0.1) is 11.2 Å². The summed E-state index contributed by atoms with van der Waals surface area (Å²) < 4.78 is 26.4. The standard InChI is InChI=1S/C10H17N3O2S2/c1-7-3-4-13(6-9(7)11)17(14,15)10-5-12-8(2)16-10/h5,7,9H,3-4,6,11H2,1-2H3. The van der Waals surface area contributed by atoms with Gasteiger partial charge in [-0.1, -0.05) is 6.92 Å². The molecule has 0 aliphatic carbocycles. The third kappa shape index (κ3) is 2.52. The maximum Gasteiger partial charge on any atom is 0.254 e. The molecule has 1 fully saturated rings. The van der Waals surface area contributed by atoms with E-state index in [1.807, 2.05) is 0 Å². The fraction of sp³-hybridized carbons (Fsp3) is 0.700. The van der Waals surface area contributed by atoms with Gasteiger partial charge in [0.25, 0.3) is 10.0 Å². The van der Waals surface area contributed by atoms with Gasteiger partial charge in [0, 0.05) is 19.1 Å². The number of piperidine rings is 1. The van der Waals surface area contributed by atoms with E-state index in [1.54, 1.807) is 6.92 Å². The smallest absolute Gasteiger partial charge is 0.254 e. The Morgan fingerprint density at radius 1 is 1.59 bits per heavy atom. The monoisotopic (exact) mass is 275 g/mol. The van der Waals surface area contributed by atoms with Crippen molar-refractivity contribution in [1.29, 1.82) is 0 Å². The van der Waals surface area contributed by atoms with Crippen molar-refractivity contribution in [2.75, 3.05) is 13.1 Å². The van der Waals surface area contributed by atoms with Gasteiger partial charge in [0.1, 0.15) is 0 Å². The summed E-state index contributed by atoms with van der Waals surface area (Å²) in [5.41, 5.74) is 5.93. The van der Waals surface area contributed by atoms with Crippen LogP contribution in [0, 0.1) is 12.8 Å². The lowest BCUT2D eigenvalue weighted by Crippen LogP contribution is -2.49. The van der Waals surface area contributed by atoms with Gasteiger partial charge >= 0.3 is 0 Å². The van der Waals surface area contributed by atoms with Gasteiger partial charge < -0.3 is 5.73 Å². The van der Waals surface area contributed by atoms with Crippen molar-refractivity contribution in [3.05, 3.63) is 11.2 Å². The quantitative estimate of drug-likeness (QED) is 0.866. The van der Waals surface area contributed by atoms with Crippen LogP contribution in [-0.4, -0.2) is 36.8 Å². The predicted octanol–water partition coefficient (Wildman–Crippen LogP) is 0.809. The summed E-state index contributed by atoms with van der Waals surface area (Å²) in [4.78, 5) is 3.99. The molecule has 1 saturated heterocycles.